The molecular weight excluding hydrogens is 173 g/mol. The molecule has 0 aliphatic carbocycles. The van der Waals surface area contributed by atoms with Gasteiger partial charge in [0, 0.05) is 12.3 Å². The van der Waals surface area contributed by atoms with Gasteiger partial charge in [-0.3, -0.25) is 4.98 Å². The molecule has 0 saturated carbocycles. The van der Waals surface area contributed by atoms with Crippen LogP contribution in [0.4, 0.5) is 10.2 Å². The van der Waals surface area contributed by atoms with Gasteiger partial charge >= 0.3 is 0 Å². The van der Waals surface area contributed by atoms with E-state index in [0.717, 1.165) is 6.20 Å². The Morgan fingerprint density at radius 1 is 1.38 bits per heavy atom. The maximum absolute atomic E-state index is 12.6. The molecular formula is C7H6FN5. The van der Waals surface area contributed by atoms with Crippen LogP contribution < -0.4 is 5.73 Å². The molecule has 0 aromatic carbocycles. The van der Waals surface area contributed by atoms with Crippen LogP contribution in [0, 0.1) is 5.95 Å². The maximum Gasteiger partial charge on any atom is 0.233 e. The summed E-state index contributed by atoms with van der Waals surface area (Å²) >= 11 is 0. The summed E-state index contributed by atoms with van der Waals surface area (Å²) in [6.07, 6.45) is 4.00. The minimum Gasteiger partial charge on any atom is -0.382 e. The monoisotopic (exact) mass is 179 g/mol. The van der Waals surface area contributed by atoms with Crippen LogP contribution >= 0.6 is 0 Å². The number of anilines is 1. The van der Waals surface area contributed by atoms with Gasteiger partial charge in [-0.15, -0.1) is 5.10 Å². The highest BCUT2D eigenvalue weighted by Gasteiger charge is 2.01. The quantitative estimate of drug-likeness (QED) is 0.687. The van der Waals surface area contributed by atoms with E-state index in [4.69, 9.17) is 5.73 Å². The van der Waals surface area contributed by atoms with Gasteiger partial charge < -0.3 is 5.73 Å². The van der Waals surface area contributed by atoms with Crippen molar-refractivity contribution in [3.05, 3.63) is 30.6 Å². The second-order valence-electron chi connectivity index (χ2n) is 2.39. The van der Waals surface area contributed by atoms with Crippen LogP contribution in [0.25, 0.3) is 5.82 Å². The van der Waals surface area contributed by atoms with Crippen LogP contribution in [0.1, 0.15) is 0 Å². The van der Waals surface area contributed by atoms with Gasteiger partial charge in [-0.05, 0) is 0 Å². The van der Waals surface area contributed by atoms with Crippen LogP contribution in [0.3, 0.4) is 0 Å². The lowest BCUT2D eigenvalue weighted by Crippen LogP contribution is -2.01. The third kappa shape index (κ3) is 1.46. The fraction of sp³-hybridized carbons (Fsp3) is 0. The van der Waals surface area contributed by atoms with Crippen LogP contribution in [0.2, 0.25) is 0 Å². The molecule has 0 saturated heterocycles. The van der Waals surface area contributed by atoms with Crippen molar-refractivity contribution in [1.29, 1.82) is 0 Å². The molecule has 66 valence electrons. The van der Waals surface area contributed by atoms with E-state index in [9.17, 15) is 4.39 Å². The second-order valence-corrected chi connectivity index (χ2v) is 2.39. The van der Waals surface area contributed by atoms with Crippen LogP contribution in [0.5, 0.6) is 0 Å². The zero-order valence-corrected chi connectivity index (χ0v) is 6.55. The lowest BCUT2D eigenvalue weighted by atomic mass is 10.6. The average Bonchev–Trinajstić information content (AvgIpc) is 2.52. The maximum atomic E-state index is 12.6. The Kier molecular flexibility index (Phi) is 1.66. The lowest BCUT2D eigenvalue weighted by Gasteiger charge is -1.97. The van der Waals surface area contributed by atoms with Crippen molar-refractivity contribution in [3.8, 4) is 5.82 Å². The average molecular weight is 179 g/mol. The summed E-state index contributed by atoms with van der Waals surface area (Å²) in [5.74, 6) is 0.00864. The minimum atomic E-state index is -0.647. The fourth-order valence-corrected chi connectivity index (χ4v) is 0.909. The number of rotatable bonds is 1. The van der Waals surface area contributed by atoms with Crippen LogP contribution in [0.15, 0.2) is 24.7 Å². The molecule has 5 nitrogen and oxygen atoms in total. The first kappa shape index (κ1) is 7.66. The minimum absolute atomic E-state index is 0.303. The van der Waals surface area contributed by atoms with Gasteiger partial charge in [0.05, 0.1) is 12.4 Å². The third-order valence-corrected chi connectivity index (χ3v) is 1.44. The topological polar surface area (TPSA) is 69.6 Å². The fourth-order valence-electron chi connectivity index (χ4n) is 0.909. The Bertz CT molecular complexity index is 424. The number of halogens is 1. The molecule has 2 rings (SSSR count). The van der Waals surface area contributed by atoms with E-state index in [2.05, 4.69) is 15.1 Å². The molecule has 0 aliphatic rings. The van der Waals surface area contributed by atoms with Gasteiger partial charge in [0.1, 0.15) is 5.82 Å². The smallest absolute Gasteiger partial charge is 0.233 e. The highest BCUT2D eigenvalue weighted by atomic mass is 19.1. The summed E-state index contributed by atoms with van der Waals surface area (Å²) in [4.78, 5) is 7.20. The molecule has 2 N–H and O–H groups in total. The molecule has 0 unspecified atom stereocenters. The van der Waals surface area contributed by atoms with Gasteiger partial charge in [0.15, 0.2) is 5.82 Å². The molecule has 2 heterocycles. The van der Waals surface area contributed by atoms with Gasteiger partial charge in [0.2, 0.25) is 5.95 Å². The highest BCUT2D eigenvalue weighted by Crippen LogP contribution is 2.03. The van der Waals surface area contributed by atoms with Crippen LogP contribution in [-0.2, 0) is 0 Å². The van der Waals surface area contributed by atoms with Crippen molar-refractivity contribution in [2.75, 3.05) is 5.73 Å². The molecule has 0 fully saturated rings. The molecule has 0 atom stereocenters. The van der Waals surface area contributed by atoms with Crippen molar-refractivity contribution >= 4 is 5.82 Å². The van der Waals surface area contributed by atoms with E-state index in [1.807, 2.05) is 0 Å². The first-order chi connectivity index (χ1) is 6.25. The molecule has 0 bridgehead atoms. The summed E-state index contributed by atoms with van der Waals surface area (Å²) < 4.78 is 14.0. The van der Waals surface area contributed by atoms with Gasteiger partial charge in [0.25, 0.3) is 0 Å². The SMILES string of the molecule is Nc1ccn(-c2cncc(F)n2)n1. The summed E-state index contributed by atoms with van der Waals surface area (Å²) in [6.45, 7) is 0. The molecule has 13 heavy (non-hydrogen) atoms. The van der Waals surface area contributed by atoms with Crippen LogP contribution in [-0.4, -0.2) is 19.7 Å². The number of nitrogens with two attached hydrogens (primary N) is 1. The predicted octanol–water partition coefficient (Wildman–Crippen LogP) is 0.384. The summed E-state index contributed by atoms with van der Waals surface area (Å²) in [6, 6.07) is 1.59. The second kappa shape index (κ2) is 2.81. The number of hydrogen-bond acceptors (Lipinski definition) is 4. The van der Waals surface area contributed by atoms with Crippen molar-refractivity contribution < 1.29 is 4.39 Å². The standard InChI is InChI=1S/C7H6FN5/c8-5-3-10-4-7(11-5)13-2-1-6(9)12-13/h1-4H,(H2,9,12). The van der Waals surface area contributed by atoms with Gasteiger partial charge in [-0.1, -0.05) is 0 Å². The number of nitrogen functional groups attached to an aromatic ring is 1. The molecule has 2 aromatic heterocycles. The zero-order valence-electron chi connectivity index (χ0n) is 6.55. The van der Waals surface area contributed by atoms with Gasteiger partial charge in [-0.2, -0.15) is 9.37 Å². The first-order valence-corrected chi connectivity index (χ1v) is 3.55. The van der Waals surface area contributed by atoms with E-state index in [1.54, 1.807) is 12.3 Å². The van der Waals surface area contributed by atoms with Crippen molar-refractivity contribution in [2.24, 2.45) is 0 Å². The van der Waals surface area contributed by atoms with E-state index in [-0.39, 0.29) is 0 Å². The molecule has 0 spiro atoms. The Labute approximate surface area is 73.0 Å². The van der Waals surface area contributed by atoms with E-state index in [1.165, 1.54) is 10.9 Å². The molecule has 6 heteroatoms. The predicted molar refractivity (Wildman–Crippen MR) is 43.5 cm³/mol. The summed E-state index contributed by atoms with van der Waals surface area (Å²) in [7, 11) is 0. The Morgan fingerprint density at radius 3 is 2.85 bits per heavy atom. The lowest BCUT2D eigenvalue weighted by molar-refractivity contribution is 0.570. The van der Waals surface area contributed by atoms with E-state index in [0.29, 0.717) is 11.6 Å². The highest BCUT2D eigenvalue weighted by molar-refractivity contribution is 5.28. The molecule has 2 aromatic rings. The normalized spacial score (nSPS) is 10.2. The summed E-state index contributed by atoms with van der Waals surface area (Å²) in [5.41, 5.74) is 5.38. The Hall–Kier alpha value is -1.98. The Balaban J connectivity index is 2.46. The number of nitrogens with zero attached hydrogens (tertiary/aromatic N) is 4. The van der Waals surface area contributed by atoms with E-state index < -0.39 is 5.95 Å². The zero-order chi connectivity index (χ0) is 9.26. The summed E-state index contributed by atoms with van der Waals surface area (Å²) in [5, 5.41) is 3.85. The largest absolute Gasteiger partial charge is 0.382 e. The number of aromatic nitrogens is 4. The molecule has 0 amide bonds. The van der Waals surface area contributed by atoms with Crippen molar-refractivity contribution in [1.82, 2.24) is 19.7 Å². The Morgan fingerprint density at radius 2 is 2.23 bits per heavy atom. The van der Waals surface area contributed by atoms with Crippen molar-refractivity contribution in [3.63, 3.8) is 0 Å². The molecule has 0 aliphatic heterocycles. The first-order valence-electron chi connectivity index (χ1n) is 3.55. The van der Waals surface area contributed by atoms with Crippen molar-refractivity contribution in [2.45, 2.75) is 0 Å². The third-order valence-electron chi connectivity index (χ3n) is 1.44. The number of hydrogen-bond donors (Lipinski definition) is 1. The van der Waals surface area contributed by atoms with E-state index >= 15 is 0 Å². The van der Waals surface area contributed by atoms with Gasteiger partial charge in [-0.25, -0.2) is 4.68 Å². The molecule has 0 radical (unpaired) electrons.